The van der Waals surface area contributed by atoms with Crippen molar-refractivity contribution in [1.82, 2.24) is 19.7 Å². The lowest BCUT2D eigenvalue weighted by Crippen LogP contribution is -2.45. The maximum absolute atomic E-state index is 13.0. The molecule has 0 aliphatic carbocycles. The van der Waals surface area contributed by atoms with Crippen LogP contribution >= 0.6 is 0 Å². The number of aromatic nitrogens is 3. The Balaban J connectivity index is 1.47. The Kier molecular flexibility index (Phi) is 5.83. The first-order valence-corrected chi connectivity index (χ1v) is 10.4. The Morgan fingerprint density at radius 1 is 1.17 bits per heavy atom. The van der Waals surface area contributed by atoms with Crippen LogP contribution in [0.4, 0.5) is 5.82 Å². The molecule has 30 heavy (non-hydrogen) atoms. The third kappa shape index (κ3) is 4.37. The van der Waals surface area contributed by atoms with Crippen molar-refractivity contribution >= 4 is 22.5 Å². The summed E-state index contributed by atoms with van der Waals surface area (Å²) >= 11 is 0. The zero-order valence-corrected chi connectivity index (χ0v) is 17.9. The van der Waals surface area contributed by atoms with Gasteiger partial charge in [-0.1, -0.05) is 19.1 Å². The number of ether oxygens (including phenoxy) is 1. The van der Waals surface area contributed by atoms with Crippen molar-refractivity contribution in [2.24, 2.45) is 12.5 Å². The van der Waals surface area contributed by atoms with Crippen LogP contribution in [-0.4, -0.2) is 58.9 Å². The van der Waals surface area contributed by atoms with Gasteiger partial charge in [-0.2, -0.15) is 5.10 Å². The molecule has 1 aliphatic heterocycles. The Morgan fingerprint density at radius 2 is 1.97 bits per heavy atom. The molecule has 3 heterocycles. The maximum Gasteiger partial charge on any atom is 0.231 e. The second-order valence-corrected chi connectivity index (χ2v) is 8.38. The van der Waals surface area contributed by atoms with Gasteiger partial charge < -0.3 is 15.0 Å². The van der Waals surface area contributed by atoms with E-state index >= 15 is 0 Å². The fraction of sp³-hybridized carbons (Fsp3) is 0.435. The van der Waals surface area contributed by atoms with Gasteiger partial charge in [0.2, 0.25) is 5.91 Å². The number of carbonyl (C=O) groups excluding carboxylic acids is 1. The van der Waals surface area contributed by atoms with E-state index in [1.807, 2.05) is 37.8 Å². The van der Waals surface area contributed by atoms with Crippen LogP contribution in [-0.2, 0) is 16.6 Å². The van der Waals surface area contributed by atoms with E-state index in [-0.39, 0.29) is 11.3 Å². The summed E-state index contributed by atoms with van der Waals surface area (Å²) in [6.07, 6.45) is 7.33. The zero-order chi connectivity index (χ0) is 21.1. The normalized spacial score (nSPS) is 16.6. The number of fused-ring (bicyclic) bond motifs is 1. The standard InChI is InChI=1S/C23H29N5O2/c1-23(6-8-28(9-7-23)10-11-30-3)22(29)26-21-13-19-12-17(4-5-18(19)14-24-21)20-15-25-27(2)16-20/h4-5,12-16H,6-11H2,1-3H3,(H,24,26,29). The first kappa shape index (κ1) is 20.5. The molecule has 2 aromatic heterocycles. The summed E-state index contributed by atoms with van der Waals surface area (Å²) in [7, 11) is 3.63. The van der Waals surface area contributed by atoms with Crippen molar-refractivity contribution in [1.29, 1.82) is 0 Å². The number of hydrogen-bond acceptors (Lipinski definition) is 5. The van der Waals surface area contributed by atoms with Crippen LogP contribution < -0.4 is 5.32 Å². The monoisotopic (exact) mass is 407 g/mol. The highest BCUT2D eigenvalue weighted by molar-refractivity contribution is 5.96. The number of pyridine rings is 1. The van der Waals surface area contributed by atoms with Crippen LogP contribution in [0.1, 0.15) is 19.8 Å². The molecule has 7 heteroatoms. The number of benzene rings is 1. The molecule has 1 fully saturated rings. The van der Waals surface area contributed by atoms with Gasteiger partial charge in [-0.3, -0.25) is 9.48 Å². The predicted molar refractivity (Wildman–Crippen MR) is 118 cm³/mol. The second-order valence-electron chi connectivity index (χ2n) is 8.38. The van der Waals surface area contributed by atoms with E-state index < -0.39 is 0 Å². The summed E-state index contributed by atoms with van der Waals surface area (Å²) in [5.41, 5.74) is 1.78. The fourth-order valence-electron chi connectivity index (χ4n) is 3.94. The second kappa shape index (κ2) is 8.53. The Labute approximate surface area is 177 Å². The van der Waals surface area contributed by atoms with Gasteiger partial charge >= 0.3 is 0 Å². The average Bonchev–Trinajstić information content (AvgIpc) is 3.19. The van der Waals surface area contributed by atoms with E-state index in [9.17, 15) is 4.79 Å². The molecule has 1 aromatic carbocycles. The highest BCUT2D eigenvalue weighted by Gasteiger charge is 2.36. The molecular formula is C23H29N5O2. The van der Waals surface area contributed by atoms with E-state index in [1.54, 1.807) is 11.8 Å². The van der Waals surface area contributed by atoms with Crippen LogP contribution in [0.25, 0.3) is 21.9 Å². The average molecular weight is 408 g/mol. The lowest BCUT2D eigenvalue weighted by Gasteiger charge is -2.38. The van der Waals surface area contributed by atoms with E-state index in [2.05, 4.69) is 39.4 Å². The van der Waals surface area contributed by atoms with E-state index in [0.29, 0.717) is 5.82 Å². The number of methoxy groups -OCH3 is 1. The molecule has 4 rings (SSSR count). The molecule has 158 valence electrons. The molecule has 1 amide bonds. The molecule has 0 atom stereocenters. The smallest absolute Gasteiger partial charge is 0.231 e. The molecule has 0 saturated carbocycles. The molecule has 0 bridgehead atoms. The molecule has 0 radical (unpaired) electrons. The first-order valence-electron chi connectivity index (χ1n) is 10.4. The number of carbonyl (C=O) groups is 1. The number of aryl methyl sites for hydroxylation is 1. The molecule has 0 spiro atoms. The van der Waals surface area contributed by atoms with E-state index in [0.717, 1.165) is 61.0 Å². The number of nitrogens with one attached hydrogen (secondary N) is 1. The molecule has 1 saturated heterocycles. The predicted octanol–water partition coefficient (Wildman–Crippen LogP) is 3.32. The Hall–Kier alpha value is -2.77. The topological polar surface area (TPSA) is 72.3 Å². The summed E-state index contributed by atoms with van der Waals surface area (Å²) in [5.74, 6) is 0.642. The third-order valence-corrected chi connectivity index (χ3v) is 6.12. The molecule has 1 aliphatic rings. The number of nitrogens with zero attached hydrogens (tertiary/aromatic N) is 4. The Bertz CT molecular complexity index is 1040. The van der Waals surface area contributed by atoms with E-state index in [1.165, 1.54) is 0 Å². The lowest BCUT2D eigenvalue weighted by molar-refractivity contribution is -0.127. The van der Waals surface area contributed by atoms with Crippen molar-refractivity contribution in [2.45, 2.75) is 19.8 Å². The van der Waals surface area contributed by atoms with E-state index in [4.69, 9.17) is 4.74 Å². The summed E-state index contributed by atoms with van der Waals surface area (Å²) < 4.78 is 6.95. The van der Waals surface area contributed by atoms with Crippen molar-refractivity contribution in [3.05, 3.63) is 42.9 Å². The minimum atomic E-state index is -0.377. The van der Waals surface area contributed by atoms with Gasteiger partial charge in [-0.05, 0) is 49.0 Å². The number of rotatable bonds is 6. The minimum Gasteiger partial charge on any atom is -0.383 e. The summed E-state index contributed by atoms with van der Waals surface area (Å²) in [6, 6.07) is 8.18. The van der Waals surface area contributed by atoms with Crippen LogP contribution in [0.5, 0.6) is 0 Å². The van der Waals surface area contributed by atoms with Crippen LogP contribution in [0.15, 0.2) is 42.9 Å². The summed E-state index contributed by atoms with van der Waals surface area (Å²) in [5, 5.41) is 9.39. The summed E-state index contributed by atoms with van der Waals surface area (Å²) in [4.78, 5) is 19.8. The highest BCUT2D eigenvalue weighted by Crippen LogP contribution is 2.32. The van der Waals surface area contributed by atoms with Gasteiger partial charge in [0.05, 0.1) is 12.8 Å². The van der Waals surface area contributed by atoms with Gasteiger partial charge in [0, 0.05) is 49.5 Å². The fourth-order valence-corrected chi connectivity index (χ4v) is 3.94. The van der Waals surface area contributed by atoms with Gasteiger partial charge in [0.15, 0.2) is 0 Å². The zero-order valence-electron chi connectivity index (χ0n) is 17.9. The Morgan fingerprint density at radius 3 is 2.67 bits per heavy atom. The van der Waals surface area contributed by atoms with Gasteiger partial charge in [0.25, 0.3) is 0 Å². The summed E-state index contributed by atoms with van der Waals surface area (Å²) in [6.45, 7) is 5.52. The lowest BCUT2D eigenvalue weighted by atomic mass is 9.79. The molecule has 0 unspecified atom stereocenters. The molecule has 1 N–H and O–H groups in total. The molecule has 7 nitrogen and oxygen atoms in total. The number of amides is 1. The van der Waals surface area contributed by atoms with Crippen molar-refractivity contribution in [2.75, 3.05) is 38.7 Å². The SMILES string of the molecule is COCCN1CCC(C)(C(=O)Nc2cc3cc(-c4cnn(C)c4)ccc3cn2)CC1. The molecule has 3 aromatic rings. The third-order valence-electron chi connectivity index (χ3n) is 6.12. The number of piperidine rings is 1. The first-order chi connectivity index (χ1) is 14.5. The minimum absolute atomic E-state index is 0.0455. The van der Waals surface area contributed by atoms with Crippen LogP contribution in [0, 0.1) is 5.41 Å². The number of likely N-dealkylation sites (tertiary alicyclic amines) is 1. The van der Waals surface area contributed by atoms with Crippen molar-refractivity contribution < 1.29 is 9.53 Å². The highest BCUT2D eigenvalue weighted by atomic mass is 16.5. The number of anilines is 1. The van der Waals surface area contributed by atoms with Gasteiger partial charge in [-0.25, -0.2) is 4.98 Å². The quantitative estimate of drug-likeness (QED) is 0.679. The molecular weight excluding hydrogens is 378 g/mol. The van der Waals surface area contributed by atoms with Crippen LogP contribution in [0.3, 0.4) is 0 Å². The van der Waals surface area contributed by atoms with Crippen molar-refractivity contribution in [3.8, 4) is 11.1 Å². The maximum atomic E-state index is 13.0. The van der Waals surface area contributed by atoms with Crippen molar-refractivity contribution in [3.63, 3.8) is 0 Å². The van der Waals surface area contributed by atoms with Gasteiger partial charge in [-0.15, -0.1) is 0 Å². The van der Waals surface area contributed by atoms with Crippen LogP contribution in [0.2, 0.25) is 0 Å². The van der Waals surface area contributed by atoms with Gasteiger partial charge in [0.1, 0.15) is 5.82 Å². The largest absolute Gasteiger partial charge is 0.383 e. The number of hydrogen-bond donors (Lipinski definition) is 1.